The summed E-state index contributed by atoms with van der Waals surface area (Å²) in [5.41, 5.74) is 1.99. The third-order valence-corrected chi connectivity index (χ3v) is 4.23. The second-order valence-electron chi connectivity index (χ2n) is 5.28. The van der Waals surface area contributed by atoms with Gasteiger partial charge in [0, 0.05) is 25.5 Å². The molecule has 3 rings (SSSR count). The minimum absolute atomic E-state index is 0.00697. The van der Waals surface area contributed by atoms with Gasteiger partial charge in [0.25, 0.3) is 0 Å². The fraction of sp³-hybridized carbons (Fsp3) is 0.312. The predicted octanol–water partition coefficient (Wildman–Crippen LogP) is 1.82. The molecule has 2 N–H and O–H groups in total. The Hall–Kier alpha value is -2.21. The first kappa shape index (κ1) is 14.7. The van der Waals surface area contributed by atoms with Crippen LogP contribution in [0.2, 0.25) is 0 Å². The minimum atomic E-state index is -0.208. The van der Waals surface area contributed by atoms with E-state index in [0.29, 0.717) is 11.5 Å². The Kier molecular flexibility index (Phi) is 4.48. The van der Waals surface area contributed by atoms with Crippen LogP contribution < -0.4 is 10.6 Å². The SMILES string of the molecule is O=C(NCc1ccccc1-n1cccn1)C1CCCNC1=S. The number of hydrogen-bond donors (Lipinski definition) is 2. The lowest BCUT2D eigenvalue weighted by Crippen LogP contribution is -2.43. The zero-order chi connectivity index (χ0) is 15.4. The summed E-state index contributed by atoms with van der Waals surface area (Å²) in [6.07, 6.45) is 5.42. The largest absolute Gasteiger partial charge is 0.379 e. The Morgan fingerprint density at radius 1 is 1.41 bits per heavy atom. The monoisotopic (exact) mass is 314 g/mol. The van der Waals surface area contributed by atoms with Crippen molar-refractivity contribution >= 4 is 23.1 Å². The number of nitrogens with one attached hydrogen (secondary N) is 2. The van der Waals surface area contributed by atoms with Gasteiger partial charge in [-0.25, -0.2) is 4.68 Å². The van der Waals surface area contributed by atoms with Gasteiger partial charge in [-0.05, 0) is 30.5 Å². The van der Waals surface area contributed by atoms with Crippen LogP contribution in [0.5, 0.6) is 0 Å². The van der Waals surface area contributed by atoms with E-state index in [4.69, 9.17) is 12.2 Å². The van der Waals surface area contributed by atoms with Gasteiger partial charge in [0.05, 0.1) is 16.6 Å². The van der Waals surface area contributed by atoms with E-state index >= 15 is 0 Å². The minimum Gasteiger partial charge on any atom is -0.379 e. The third-order valence-electron chi connectivity index (χ3n) is 3.80. The highest BCUT2D eigenvalue weighted by Crippen LogP contribution is 2.15. The number of rotatable bonds is 4. The second-order valence-corrected chi connectivity index (χ2v) is 5.72. The fourth-order valence-electron chi connectivity index (χ4n) is 2.62. The lowest BCUT2D eigenvalue weighted by atomic mass is 9.98. The van der Waals surface area contributed by atoms with E-state index in [9.17, 15) is 4.79 Å². The quantitative estimate of drug-likeness (QED) is 0.845. The molecular weight excluding hydrogens is 296 g/mol. The number of amides is 1. The first-order valence-electron chi connectivity index (χ1n) is 7.39. The first-order chi connectivity index (χ1) is 10.8. The van der Waals surface area contributed by atoms with Crippen molar-refractivity contribution in [2.24, 2.45) is 5.92 Å². The molecule has 5 nitrogen and oxygen atoms in total. The molecule has 0 aliphatic carbocycles. The van der Waals surface area contributed by atoms with Gasteiger partial charge in [-0.3, -0.25) is 4.79 Å². The highest BCUT2D eigenvalue weighted by molar-refractivity contribution is 7.80. The summed E-state index contributed by atoms with van der Waals surface area (Å²) in [4.78, 5) is 13.0. The van der Waals surface area contributed by atoms with Crippen LogP contribution in [0.1, 0.15) is 18.4 Å². The molecule has 0 radical (unpaired) electrons. The third kappa shape index (κ3) is 3.17. The fourth-order valence-corrected chi connectivity index (χ4v) is 2.95. The molecule has 6 heteroatoms. The highest BCUT2D eigenvalue weighted by Gasteiger charge is 2.25. The topological polar surface area (TPSA) is 59.0 Å². The number of carbonyl (C=O) groups excluding carboxylic acids is 1. The summed E-state index contributed by atoms with van der Waals surface area (Å²) in [5.74, 6) is -0.215. The molecule has 2 heterocycles. The molecule has 0 bridgehead atoms. The zero-order valence-corrected chi connectivity index (χ0v) is 13.0. The number of piperidine rings is 1. The average Bonchev–Trinajstić information content (AvgIpc) is 3.07. The zero-order valence-electron chi connectivity index (χ0n) is 12.2. The molecule has 1 unspecified atom stereocenters. The molecule has 1 fully saturated rings. The average molecular weight is 314 g/mol. The van der Waals surface area contributed by atoms with E-state index in [1.807, 2.05) is 36.5 Å². The molecule has 114 valence electrons. The van der Waals surface area contributed by atoms with Crippen molar-refractivity contribution in [2.75, 3.05) is 6.54 Å². The summed E-state index contributed by atoms with van der Waals surface area (Å²) < 4.78 is 1.80. The van der Waals surface area contributed by atoms with Crippen LogP contribution in [0, 0.1) is 5.92 Å². The maximum atomic E-state index is 12.3. The van der Waals surface area contributed by atoms with Crippen molar-refractivity contribution in [3.63, 3.8) is 0 Å². The number of benzene rings is 1. The van der Waals surface area contributed by atoms with Crippen LogP contribution in [-0.4, -0.2) is 27.2 Å². The van der Waals surface area contributed by atoms with E-state index in [2.05, 4.69) is 15.7 Å². The van der Waals surface area contributed by atoms with E-state index < -0.39 is 0 Å². The standard InChI is InChI=1S/C16H18N4OS/c21-15(13-6-3-8-17-16(13)22)18-11-12-5-1-2-7-14(12)20-10-4-9-19-20/h1-2,4-5,7,9-10,13H,3,6,8,11H2,(H,17,22)(H,18,21). The van der Waals surface area contributed by atoms with Gasteiger partial charge in [0.15, 0.2) is 0 Å². The molecule has 2 aromatic rings. The Balaban J connectivity index is 1.69. The highest BCUT2D eigenvalue weighted by atomic mass is 32.1. The van der Waals surface area contributed by atoms with Crippen molar-refractivity contribution in [1.29, 1.82) is 0 Å². The lowest BCUT2D eigenvalue weighted by molar-refractivity contribution is -0.123. The second kappa shape index (κ2) is 6.70. The summed E-state index contributed by atoms with van der Waals surface area (Å²) in [5, 5.41) is 10.3. The summed E-state index contributed by atoms with van der Waals surface area (Å²) in [6, 6.07) is 9.78. The van der Waals surface area contributed by atoms with Crippen molar-refractivity contribution in [1.82, 2.24) is 20.4 Å². The van der Waals surface area contributed by atoms with Gasteiger partial charge >= 0.3 is 0 Å². The van der Waals surface area contributed by atoms with Crippen LogP contribution in [-0.2, 0) is 11.3 Å². The van der Waals surface area contributed by atoms with E-state index in [1.165, 1.54) is 0 Å². The molecule has 1 atom stereocenters. The molecule has 1 saturated heterocycles. The molecule has 1 amide bonds. The predicted molar refractivity (Wildman–Crippen MR) is 88.7 cm³/mol. The first-order valence-corrected chi connectivity index (χ1v) is 7.80. The van der Waals surface area contributed by atoms with Crippen molar-refractivity contribution in [3.05, 3.63) is 48.3 Å². The Morgan fingerprint density at radius 2 is 2.27 bits per heavy atom. The van der Waals surface area contributed by atoms with Gasteiger partial charge in [-0.15, -0.1) is 0 Å². The molecule has 1 aromatic heterocycles. The van der Waals surface area contributed by atoms with Gasteiger partial charge in [0.1, 0.15) is 0 Å². The molecule has 1 aliphatic heterocycles. The van der Waals surface area contributed by atoms with Gasteiger partial charge < -0.3 is 10.6 Å². The smallest absolute Gasteiger partial charge is 0.230 e. The van der Waals surface area contributed by atoms with Crippen molar-refractivity contribution < 1.29 is 4.79 Å². The number of nitrogens with zero attached hydrogens (tertiary/aromatic N) is 2. The molecular formula is C16H18N4OS. The lowest BCUT2D eigenvalue weighted by Gasteiger charge is -2.23. The van der Waals surface area contributed by atoms with E-state index in [1.54, 1.807) is 10.9 Å². The summed E-state index contributed by atoms with van der Waals surface area (Å²) in [6.45, 7) is 1.33. The number of carbonyl (C=O) groups is 1. The van der Waals surface area contributed by atoms with Crippen LogP contribution in [0.15, 0.2) is 42.7 Å². The van der Waals surface area contributed by atoms with Gasteiger partial charge in [-0.2, -0.15) is 5.10 Å². The molecule has 0 spiro atoms. The Morgan fingerprint density at radius 3 is 3.05 bits per heavy atom. The van der Waals surface area contributed by atoms with Crippen LogP contribution in [0.4, 0.5) is 0 Å². The maximum Gasteiger partial charge on any atom is 0.230 e. The van der Waals surface area contributed by atoms with Crippen LogP contribution >= 0.6 is 12.2 Å². The normalized spacial score (nSPS) is 17.8. The number of aromatic nitrogens is 2. The van der Waals surface area contributed by atoms with Gasteiger partial charge in [-0.1, -0.05) is 30.4 Å². The summed E-state index contributed by atoms with van der Waals surface area (Å²) >= 11 is 5.24. The van der Waals surface area contributed by atoms with Gasteiger partial charge in [0.2, 0.25) is 5.91 Å². The molecule has 0 saturated carbocycles. The molecule has 1 aliphatic rings. The van der Waals surface area contributed by atoms with Crippen LogP contribution in [0.25, 0.3) is 5.69 Å². The van der Waals surface area contributed by atoms with E-state index in [0.717, 1.165) is 30.6 Å². The van der Waals surface area contributed by atoms with E-state index in [-0.39, 0.29) is 11.8 Å². The molecule has 22 heavy (non-hydrogen) atoms. The van der Waals surface area contributed by atoms with Crippen LogP contribution in [0.3, 0.4) is 0 Å². The number of thiocarbonyl (C=S) groups is 1. The maximum absolute atomic E-state index is 12.3. The van der Waals surface area contributed by atoms with Crippen molar-refractivity contribution in [2.45, 2.75) is 19.4 Å². The Labute approximate surface area is 134 Å². The summed E-state index contributed by atoms with van der Waals surface area (Å²) in [7, 11) is 0. The number of para-hydroxylation sites is 1. The Bertz CT molecular complexity index is 669. The number of hydrogen-bond acceptors (Lipinski definition) is 3. The molecule has 1 aromatic carbocycles. The van der Waals surface area contributed by atoms with Crippen molar-refractivity contribution in [3.8, 4) is 5.69 Å².